The molecule has 0 bridgehead atoms. The highest BCUT2D eigenvalue weighted by atomic mass is 16.2. The molecule has 0 fully saturated rings. The van der Waals surface area contributed by atoms with Crippen LogP contribution in [0, 0.1) is 6.92 Å². The molecule has 1 amide bonds. The van der Waals surface area contributed by atoms with Gasteiger partial charge in [0.1, 0.15) is 17.8 Å². The molecule has 2 aromatic rings. The largest absolute Gasteiger partial charge is 0.348 e. The lowest BCUT2D eigenvalue weighted by molar-refractivity contribution is 0.0932. The van der Waals surface area contributed by atoms with E-state index in [1.54, 1.807) is 0 Å². The highest BCUT2D eigenvalue weighted by molar-refractivity contribution is 5.93. The first-order valence-corrected chi connectivity index (χ1v) is 6.32. The Hall–Kier alpha value is -2.18. The van der Waals surface area contributed by atoms with Crippen molar-refractivity contribution in [2.24, 2.45) is 0 Å². The maximum atomic E-state index is 12.1. The molecule has 0 aliphatic carbocycles. The summed E-state index contributed by atoms with van der Waals surface area (Å²) in [4.78, 5) is 23.1. The molecular weight excluding hydrogens is 244 g/mol. The fourth-order valence-electron chi connectivity index (χ4n) is 1.91. The highest BCUT2D eigenvalue weighted by Crippen LogP contribution is 2.10. The Balaban J connectivity index is 2.08. The quantitative estimate of drug-likeness (QED) is 0.847. The first-order chi connectivity index (χ1) is 9.13. The van der Waals surface area contributed by atoms with Crippen molar-refractivity contribution in [2.45, 2.75) is 39.8 Å². The molecule has 0 aliphatic heterocycles. The molecule has 2 heterocycles. The van der Waals surface area contributed by atoms with E-state index in [2.05, 4.69) is 32.3 Å². The number of H-pyrrole nitrogens is 1. The second kappa shape index (κ2) is 5.64. The lowest BCUT2D eigenvalue weighted by Gasteiger charge is -2.13. The van der Waals surface area contributed by atoms with Gasteiger partial charge in [0, 0.05) is 12.2 Å². The second-order valence-corrected chi connectivity index (χ2v) is 4.41. The number of hydrogen-bond acceptors (Lipinski definition) is 4. The van der Waals surface area contributed by atoms with Crippen LogP contribution in [0.25, 0.3) is 0 Å². The molecule has 7 heteroatoms. The number of rotatable bonds is 5. The van der Waals surface area contributed by atoms with Gasteiger partial charge >= 0.3 is 0 Å². The van der Waals surface area contributed by atoms with Crippen LogP contribution in [-0.4, -0.2) is 30.6 Å². The van der Waals surface area contributed by atoms with Crippen molar-refractivity contribution >= 4 is 5.91 Å². The third kappa shape index (κ3) is 2.81. The lowest BCUT2D eigenvalue weighted by atomic mass is 10.2. The summed E-state index contributed by atoms with van der Waals surface area (Å²) in [6, 6.07) is -0.211. The summed E-state index contributed by atoms with van der Waals surface area (Å²) in [6.07, 6.45) is 3.98. The molecular formula is C12H18N6O. The van der Waals surface area contributed by atoms with E-state index in [-0.39, 0.29) is 11.9 Å². The van der Waals surface area contributed by atoms with Crippen molar-refractivity contribution in [2.75, 3.05) is 0 Å². The first-order valence-electron chi connectivity index (χ1n) is 6.32. The Morgan fingerprint density at radius 1 is 1.53 bits per heavy atom. The van der Waals surface area contributed by atoms with Gasteiger partial charge in [0.2, 0.25) is 0 Å². The molecule has 0 spiro atoms. The molecule has 2 aromatic heterocycles. The number of nitrogens with zero attached hydrogens (tertiary/aromatic N) is 4. The Bertz CT molecular complexity index is 558. The van der Waals surface area contributed by atoms with Gasteiger partial charge < -0.3 is 10.3 Å². The summed E-state index contributed by atoms with van der Waals surface area (Å²) in [5.41, 5.74) is 1.16. The summed E-state index contributed by atoms with van der Waals surface area (Å²) >= 11 is 0. The molecule has 7 nitrogen and oxygen atoms in total. The highest BCUT2D eigenvalue weighted by Gasteiger charge is 2.18. The van der Waals surface area contributed by atoms with E-state index in [1.807, 2.05) is 18.5 Å². The topological polar surface area (TPSA) is 88.5 Å². The van der Waals surface area contributed by atoms with Crippen molar-refractivity contribution in [1.82, 2.24) is 30.0 Å². The van der Waals surface area contributed by atoms with Crippen molar-refractivity contribution in [3.05, 3.63) is 29.9 Å². The number of aromatic amines is 1. The third-order valence-corrected chi connectivity index (χ3v) is 2.86. The average molecular weight is 262 g/mol. The summed E-state index contributed by atoms with van der Waals surface area (Å²) in [6.45, 7) is 6.56. The number of aromatic nitrogens is 5. The zero-order valence-corrected chi connectivity index (χ0v) is 11.3. The van der Waals surface area contributed by atoms with Gasteiger partial charge in [0.25, 0.3) is 5.91 Å². The standard InChI is InChI=1S/C12H18N6O/c1-4-5-18-11(15-7-16-18)9(3)17-12(19)10-8(2)13-6-14-10/h6-7,9H,4-5H2,1-3H3,(H,13,14)(H,17,19). The fraction of sp³-hybridized carbons (Fsp3) is 0.500. The number of amides is 1. The van der Waals surface area contributed by atoms with Crippen molar-refractivity contribution < 1.29 is 4.79 Å². The molecule has 0 aliphatic rings. The van der Waals surface area contributed by atoms with Crippen LogP contribution in [0.5, 0.6) is 0 Å². The van der Waals surface area contributed by atoms with Gasteiger partial charge in [-0.05, 0) is 20.3 Å². The van der Waals surface area contributed by atoms with E-state index < -0.39 is 0 Å². The molecule has 2 N–H and O–H groups in total. The Morgan fingerprint density at radius 2 is 2.32 bits per heavy atom. The number of nitrogens with one attached hydrogen (secondary N) is 2. The number of aryl methyl sites for hydroxylation is 2. The van der Waals surface area contributed by atoms with Gasteiger partial charge in [0.05, 0.1) is 12.4 Å². The summed E-state index contributed by atoms with van der Waals surface area (Å²) in [5, 5.41) is 7.03. The molecule has 102 valence electrons. The Morgan fingerprint density at radius 3 is 2.95 bits per heavy atom. The second-order valence-electron chi connectivity index (χ2n) is 4.41. The zero-order chi connectivity index (χ0) is 13.8. The van der Waals surface area contributed by atoms with E-state index in [9.17, 15) is 4.79 Å². The van der Waals surface area contributed by atoms with Crippen LogP contribution in [0.15, 0.2) is 12.7 Å². The molecule has 1 atom stereocenters. The molecule has 0 radical (unpaired) electrons. The minimum atomic E-state index is -0.211. The maximum Gasteiger partial charge on any atom is 0.272 e. The summed E-state index contributed by atoms with van der Waals surface area (Å²) in [7, 11) is 0. The average Bonchev–Trinajstić information content (AvgIpc) is 2.98. The minimum absolute atomic E-state index is 0.211. The van der Waals surface area contributed by atoms with Gasteiger partial charge in [-0.3, -0.25) is 4.79 Å². The van der Waals surface area contributed by atoms with Crippen LogP contribution in [0.1, 0.15) is 48.3 Å². The van der Waals surface area contributed by atoms with Crippen molar-refractivity contribution in [3.8, 4) is 0 Å². The molecule has 0 saturated heterocycles. The predicted molar refractivity (Wildman–Crippen MR) is 69.5 cm³/mol. The van der Waals surface area contributed by atoms with E-state index in [1.165, 1.54) is 12.7 Å². The summed E-state index contributed by atoms with van der Waals surface area (Å²) in [5.74, 6) is 0.542. The number of carbonyl (C=O) groups excluding carboxylic acids is 1. The van der Waals surface area contributed by atoms with E-state index >= 15 is 0 Å². The van der Waals surface area contributed by atoms with Crippen LogP contribution >= 0.6 is 0 Å². The van der Waals surface area contributed by atoms with Gasteiger partial charge in [-0.2, -0.15) is 5.10 Å². The van der Waals surface area contributed by atoms with Crippen molar-refractivity contribution in [3.63, 3.8) is 0 Å². The molecule has 19 heavy (non-hydrogen) atoms. The molecule has 0 saturated carbocycles. The predicted octanol–water partition coefficient (Wildman–Crippen LogP) is 1.21. The van der Waals surface area contributed by atoms with Gasteiger partial charge in [0.15, 0.2) is 0 Å². The Labute approximate surface area is 111 Å². The SMILES string of the molecule is CCCn1ncnc1C(C)NC(=O)c1nc[nH]c1C. The monoisotopic (exact) mass is 262 g/mol. The zero-order valence-electron chi connectivity index (χ0n) is 11.3. The van der Waals surface area contributed by atoms with Crippen molar-refractivity contribution in [1.29, 1.82) is 0 Å². The molecule has 0 aromatic carbocycles. The van der Waals surface area contributed by atoms with Crippen LogP contribution in [0.3, 0.4) is 0 Å². The summed E-state index contributed by atoms with van der Waals surface area (Å²) < 4.78 is 1.81. The third-order valence-electron chi connectivity index (χ3n) is 2.86. The normalized spacial score (nSPS) is 12.4. The fourth-order valence-corrected chi connectivity index (χ4v) is 1.91. The number of imidazole rings is 1. The lowest BCUT2D eigenvalue weighted by Crippen LogP contribution is -2.29. The number of hydrogen-bond donors (Lipinski definition) is 2. The molecule has 1 unspecified atom stereocenters. The molecule has 2 rings (SSSR count). The van der Waals surface area contributed by atoms with Crippen LogP contribution < -0.4 is 5.32 Å². The maximum absolute atomic E-state index is 12.1. The number of carbonyl (C=O) groups is 1. The van der Waals surface area contributed by atoms with E-state index in [0.717, 1.165) is 24.5 Å². The van der Waals surface area contributed by atoms with Crippen LogP contribution in [0.2, 0.25) is 0 Å². The Kier molecular flexibility index (Phi) is 3.94. The van der Waals surface area contributed by atoms with E-state index in [4.69, 9.17) is 0 Å². The van der Waals surface area contributed by atoms with Crippen LogP contribution in [-0.2, 0) is 6.54 Å². The van der Waals surface area contributed by atoms with Gasteiger partial charge in [-0.15, -0.1) is 0 Å². The first kappa shape index (κ1) is 13.3. The van der Waals surface area contributed by atoms with Crippen LogP contribution in [0.4, 0.5) is 0 Å². The minimum Gasteiger partial charge on any atom is -0.348 e. The smallest absolute Gasteiger partial charge is 0.272 e. The van der Waals surface area contributed by atoms with E-state index in [0.29, 0.717) is 5.69 Å². The van der Waals surface area contributed by atoms with Gasteiger partial charge in [-0.1, -0.05) is 6.92 Å². The van der Waals surface area contributed by atoms with Gasteiger partial charge in [-0.25, -0.2) is 14.6 Å².